The molecule has 1 fully saturated rings. The van der Waals surface area contributed by atoms with Gasteiger partial charge in [-0.15, -0.1) is 0 Å². The van der Waals surface area contributed by atoms with Gasteiger partial charge in [0.05, 0.1) is 0 Å². The summed E-state index contributed by atoms with van der Waals surface area (Å²) < 4.78 is 5.94. The molecule has 4 nitrogen and oxygen atoms in total. The number of fused-ring (bicyclic) bond motifs is 1. The Morgan fingerprint density at radius 3 is 2.65 bits per heavy atom. The third kappa shape index (κ3) is 2.73. The summed E-state index contributed by atoms with van der Waals surface area (Å²) in [7, 11) is 2.18. The van der Waals surface area contributed by atoms with Crippen molar-refractivity contribution in [3.63, 3.8) is 0 Å². The van der Waals surface area contributed by atoms with Crippen molar-refractivity contribution in [2.24, 2.45) is 0 Å². The van der Waals surface area contributed by atoms with Crippen LogP contribution in [0.3, 0.4) is 0 Å². The molecule has 0 bridgehead atoms. The molecule has 1 N–H and O–H groups in total. The molecule has 2 heterocycles. The van der Waals surface area contributed by atoms with E-state index in [1.807, 2.05) is 12.1 Å². The first-order valence-electron chi connectivity index (χ1n) is 7.44. The van der Waals surface area contributed by atoms with E-state index in [0.717, 1.165) is 50.5 Å². The predicted octanol–water partition coefficient (Wildman–Crippen LogP) is 2.25. The molecule has 0 saturated carbocycles. The molecule has 0 aliphatic carbocycles. The molecule has 0 spiro atoms. The normalized spacial score (nSPS) is 17.9. The van der Waals surface area contributed by atoms with Crippen LogP contribution in [0.2, 0.25) is 0 Å². The molecule has 3 rings (SSSR count). The van der Waals surface area contributed by atoms with Crippen LogP contribution in [0.5, 0.6) is 0 Å². The van der Waals surface area contributed by atoms with Crippen molar-refractivity contribution in [2.75, 3.05) is 33.2 Å². The average Bonchev–Trinajstić information content (AvgIpc) is 2.84. The maximum absolute atomic E-state index is 5.94. The third-order valence-electron chi connectivity index (χ3n) is 4.09. The summed E-state index contributed by atoms with van der Waals surface area (Å²) in [6, 6.07) is 8.31. The zero-order valence-electron chi connectivity index (χ0n) is 12.4. The zero-order valence-corrected chi connectivity index (χ0v) is 12.4. The Labute approximate surface area is 120 Å². The van der Waals surface area contributed by atoms with Crippen LogP contribution in [0.4, 0.5) is 0 Å². The summed E-state index contributed by atoms with van der Waals surface area (Å²) in [5, 5.41) is 3.56. The predicted molar refractivity (Wildman–Crippen MR) is 81.5 cm³/mol. The highest BCUT2D eigenvalue weighted by Crippen LogP contribution is 2.26. The fourth-order valence-electron chi connectivity index (χ4n) is 2.78. The van der Waals surface area contributed by atoms with Gasteiger partial charge in [0.25, 0.3) is 0 Å². The van der Waals surface area contributed by atoms with Gasteiger partial charge in [-0.3, -0.25) is 5.43 Å². The Morgan fingerprint density at radius 2 is 1.90 bits per heavy atom. The van der Waals surface area contributed by atoms with E-state index in [-0.39, 0.29) is 0 Å². The summed E-state index contributed by atoms with van der Waals surface area (Å²) in [5.41, 5.74) is 5.87. The summed E-state index contributed by atoms with van der Waals surface area (Å²) in [6.45, 7) is 7.40. The second-order valence-electron chi connectivity index (χ2n) is 5.48. The summed E-state index contributed by atoms with van der Waals surface area (Å²) in [5.74, 6) is 1.10. The van der Waals surface area contributed by atoms with E-state index >= 15 is 0 Å². The molecule has 20 heavy (non-hydrogen) atoms. The summed E-state index contributed by atoms with van der Waals surface area (Å²) in [4.78, 5) is 2.36. The number of piperazine rings is 1. The molecule has 0 radical (unpaired) electrons. The van der Waals surface area contributed by atoms with E-state index in [4.69, 9.17) is 4.42 Å². The smallest absolute Gasteiger partial charge is 0.134 e. The van der Waals surface area contributed by atoms with Crippen LogP contribution in [-0.4, -0.2) is 43.1 Å². The maximum Gasteiger partial charge on any atom is 0.134 e. The van der Waals surface area contributed by atoms with Crippen molar-refractivity contribution in [3.05, 3.63) is 35.6 Å². The number of hydrogen-bond donors (Lipinski definition) is 1. The van der Waals surface area contributed by atoms with Gasteiger partial charge in [-0.05, 0) is 13.1 Å². The number of nitrogens with one attached hydrogen (secondary N) is 1. The second-order valence-corrected chi connectivity index (χ2v) is 5.48. The topological polar surface area (TPSA) is 31.7 Å². The monoisotopic (exact) mass is 273 g/mol. The van der Waals surface area contributed by atoms with Crippen molar-refractivity contribution in [2.45, 2.75) is 19.9 Å². The maximum atomic E-state index is 5.94. The minimum Gasteiger partial charge on any atom is -0.461 e. The van der Waals surface area contributed by atoms with E-state index in [1.54, 1.807) is 0 Å². The minimum atomic E-state index is 0.851. The second kappa shape index (κ2) is 5.95. The largest absolute Gasteiger partial charge is 0.461 e. The van der Waals surface area contributed by atoms with Crippen LogP contribution in [0, 0.1) is 0 Å². The van der Waals surface area contributed by atoms with E-state index < -0.39 is 0 Å². The van der Waals surface area contributed by atoms with E-state index in [9.17, 15) is 0 Å². The molecule has 1 aliphatic heterocycles. The molecule has 0 unspecified atom stereocenters. The first-order chi connectivity index (χ1) is 9.78. The van der Waals surface area contributed by atoms with Crippen LogP contribution in [0.15, 0.2) is 28.7 Å². The molecule has 0 atom stereocenters. The van der Waals surface area contributed by atoms with Crippen LogP contribution in [0.25, 0.3) is 11.0 Å². The zero-order chi connectivity index (χ0) is 13.9. The third-order valence-corrected chi connectivity index (χ3v) is 4.09. The van der Waals surface area contributed by atoms with Crippen LogP contribution in [0.1, 0.15) is 18.2 Å². The first kappa shape index (κ1) is 13.6. The minimum absolute atomic E-state index is 0.851. The Hall–Kier alpha value is -1.36. The average molecular weight is 273 g/mol. The number of para-hydroxylation sites is 1. The highest BCUT2D eigenvalue weighted by Gasteiger charge is 2.16. The van der Waals surface area contributed by atoms with Crippen LogP contribution < -0.4 is 5.43 Å². The number of furan rings is 1. The quantitative estimate of drug-likeness (QED) is 0.926. The van der Waals surface area contributed by atoms with Crippen LogP contribution >= 0.6 is 0 Å². The fourth-order valence-corrected chi connectivity index (χ4v) is 2.78. The number of nitrogens with zero attached hydrogens (tertiary/aromatic N) is 2. The van der Waals surface area contributed by atoms with Crippen molar-refractivity contribution in [1.82, 2.24) is 15.3 Å². The highest BCUT2D eigenvalue weighted by molar-refractivity contribution is 5.82. The van der Waals surface area contributed by atoms with E-state index in [0.29, 0.717) is 0 Å². The Kier molecular flexibility index (Phi) is 4.05. The lowest BCUT2D eigenvalue weighted by Crippen LogP contribution is -2.50. The molecular weight excluding hydrogens is 250 g/mol. The van der Waals surface area contributed by atoms with Gasteiger partial charge < -0.3 is 9.32 Å². The Bertz CT molecular complexity index is 570. The molecule has 108 valence electrons. The molecule has 1 aliphatic rings. The van der Waals surface area contributed by atoms with Gasteiger partial charge in [0.15, 0.2) is 0 Å². The Morgan fingerprint density at radius 1 is 1.15 bits per heavy atom. The lowest BCUT2D eigenvalue weighted by molar-refractivity contribution is 0.102. The number of hydrazine groups is 1. The van der Waals surface area contributed by atoms with Crippen molar-refractivity contribution in [3.8, 4) is 0 Å². The van der Waals surface area contributed by atoms with E-state index in [1.165, 1.54) is 10.9 Å². The molecule has 1 saturated heterocycles. The molecular formula is C16H23N3O. The number of rotatable bonds is 4. The molecule has 1 aromatic carbocycles. The highest BCUT2D eigenvalue weighted by atomic mass is 16.3. The van der Waals surface area contributed by atoms with Gasteiger partial charge in [-0.1, -0.05) is 25.1 Å². The molecule has 0 amide bonds. The van der Waals surface area contributed by atoms with Crippen molar-refractivity contribution < 1.29 is 4.42 Å². The molecule has 2 aromatic rings. The van der Waals surface area contributed by atoms with Crippen molar-refractivity contribution >= 4 is 11.0 Å². The summed E-state index contributed by atoms with van der Waals surface area (Å²) in [6.07, 6.45) is 0.939. The first-order valence-corrected chi connectivity index (χ1v) is 7.44. The van der Waals surface area contributed by atoms with Crippen LogP contribution in [-0.2, 0) is 13.0 Å². The number of likely N-dealkylation sites (N-methyl/N-ethyl adjacent to an activating group) is 1. The van der Waals surface area contributed by atoms with Gasteiger partial charge in [-0.2, -0.15) is 0 Å². The van der Waals surface area contributed by atoms with Gasteiger partial charge in [0.2, 0.25) is 0 Å². The van der Waals surface area contributed by atoms with Gasteiger partial charge in [-0.25, -0.2) is 5.01 Å². The van der Waals surface area contributed by atoms with Gasteiger partial charge in [0, 0.05) is 50.1 Å². The van der Waals surface area contributed by atoms with Gasteiger partial charge in [0.1, 0.15) is 11.3 Å². The lowest BCUT2D eigenvalue weighted by Gasteiger charge is -2.32. The number of hydrogen-bond acceptors (Lipinski definition) is 4. The molecule has 4 heteroatoms. The Balaban J connectivity index is 1.73. The molecule has 1 aromatic heterocycles. The van der Waals surface area contributed by atoms with E-state index in [2.05, 4.69) is 41.4 Å². The lowest BCUT2D eigenvalue weighted by atomic mass is 10.1. The fraction of sp³-hybridized carbons (Fsp3) is 0.500. The number of benzene rings is 1. The van der Waals surface area contributed by atoms with Crippen molar-refractivity contribution in [1.29, 1.82) is 0 Å². The van der Waals surface area contributed by atoms with Gasteiger partial charge >= 0.3 is 0 Å². The SMILES string of the molecule is CCc1oc2ccccc2c1CNN1CCN(C)CC1. The number of aryl methyl sites for hydroxylation is 1. The standard InChI is InChI=1S/C16H23N3O/c1-3-15-14(13-6-4-5-7-16(13)20-15)12-17-19-10-8-18(2)9-11-19/h4-7,17H,3,8-12H2,1-2H3. The summed E-state index contributed by atoms with van der Waals surface area (Å²) >= 11 is 0.